The Morgan fingerprint density at radius 1 is 1.40 bits per heavy atom. The lowest BCUT2D eigenvalue weighted by molar-refractivity contribution is -0.124. The summed E-state index contributed by atoms with van der Waals surface area (Å²) in [6.45, 7) is 1.53. The van der Waals surface area contributed by atoms with Crippen LogP contribution in [0.1, 0.15) is 32.1 Å². The first-order valence-corrected chi connectivity index (χ1v) is 5.92. The molecule has 0 aromatic carbocycles. The van der Waals surface area contributed by atoms with Crippen molar-refractivity contribution in [2.45, 2.75) is 38.2 Å². The number of hydrogen-bond acceptors (Lipinski definition) is 2. The van der Waals surface area contributed by atoms with Gasteiger partial charge in [-0.1, -0.05) is 12.2 Å². The van der Waals surface area contributed by atoms with Gasteiger partial charge in [0.15, 0.2) is 0 Å². The van der Waals surface area contributed by atoms with Crippen LogP contribution in [0.15, 0.2) is 12.2 Å². The fourth-order valence-electron chi connectivity index (χ4n) is 2.18. The van der Waals surface area contributed by atoms with Gasteiger partial charge < -0.3 is 10.1 Å². The number of allylic oxidation sites excluding steroid dienone is 1. The lowest BCUT2D eigenvalue weighted by Gasteiger charge is -2.17. The molecule has 84 valence electrons. The fraction of sp³-hybridized carbons (Fsp3) is 0.750. The van der Waals surface area contributed by atoms with E-state index in [9.17, 15) is 4.79 Å². The minimum Gasteiger partial charge on any atom is -0.376 e. The second-order valence-corrected chi connectivity index (χ2v) is 4.35. The topological polar surface area (TPSA) is 38.3 Å². The van der Waals surface area contributed by atoms with Gasteiger partial charge >= 0.3 is 0 Å². The normalized spacial score (nSPS) is 30.4. The standard InChI is InChI=1S/C12H19NO2/c14-12(10-5-2-1-3-6-10)13-9-11-7-4-8-15-11/h2,5,10-11H,1,3-4,6-9H2,(H,13,14)/t10-,11+/m1/s1. The highest BCUT2D eigenvalue weighted by atomic mass is 16.5. The highest BCUT2D eigenvalue weighted by Gasteiger charge is 2.20. The van der Waals surface area contributed by atoms with Gasteiger partial charge in [0.05, 0.1) is 12.0 Å². The van der Waals surface area contributed by atoms with Gasteiger partial charge in [-0.05, 0) is 32.1 Å². The molecule has 0 aromatic rings. The van der Waals surface area contributed by atoms with Crippen molar-refractivity contribution in [3.8, 4) is 0 Å². The Morgan fingerprint density at radius 3 is 3.00 bits per heavy atom. The van der Waals surface area contributed by atoms with Crippen LogP contribution in [0.4, 0.5) is 0 Å². The van der Waals surface area contributed by atoms with Gasteiger partial charge in [0.1, 0.15) is 0 Å². The Balaban J connectivity index is 1.71. The van der Waals surface area contributed by atoms with Gasteiger partial charge in [0, 0.05) is 13.2 Å². The van der Waals surface area contributed by atoms with Crippen LogP contribution >= 0.6 is 0 Å². The van der Waals surface area contributed by atoms with E-state index in [0.717, 1.165) is 38.7 Å². The van der Waals surface area contributed by atoms with E-state index in [1.807, 2.05) is 6.08 Å². The van der Waals surface area contributed by atoms with E-state index in [1.54, 1.807) is 0 Å². The minimum atomic E-state index is 0.0974. The first kappa shape index (κ1) is 10.7. The summed E-state index contributed by atoms with van der Waals surface area (Å²) in [4.78, 5) is 11.7. The van der Waals surface area contributed by atoms with Crippen LogP contribution in [0.3, 0.4) is 0 Å². The molecule has 0 bridgehead atoms. The molecule has 1 fully saturated rings. The Bertz CT molecular complexity index is 244. The summed E-state index contributed by atoms with van der Waals surface area (Å²) in [5, 5.41) is 2.98. The lowest BCUT2D eigenvalue weighted by Crippen LogP contribution is -2.36. The molecule has 2 atom stereocenters. The summed E-state index contributed by atoms with van der Waals surface area (Å²) in [6, 6.07) is 0. The number of hydrogen-bond donors (Lipinski definition) is 1. The monoisotopic (exact) mass is 209 g/mol. The Labute approximate surface area is 90.9 Å². The van der Waals surface area contributed by atoms with Crippen LogP contribution in [0.2, 0.25) is 0 Å². The molecule has 15 heavy (non-hydrogen) atoms. The first-order valence-electron chi connectivity index (χ1n) is 5.92. The van der Waals surface area contributed by atoms with E-state index in [2.05, 4.69) is 11.4 Å². The number of nitrogens with one attached hydrogen (secondary N) is 1. The van der Waals surface area contributed by atoms with Gasteiger partial charge in [0.25, 0.3) is 0 Å². The van der Waals surface area contributed by atoms with Crippen molar-refractivity contribution in [3.63, 3.8) is 0 Å². The minimum absolute atomic E-state index is 0.0974. The molecule has 1 amide bonds. The maximum absolute atomic E-state index is 11.7. The molecule has 3 nitrogen and oxygen atoms in total. The SMILES string of the molecule is O=C(NC[C@@H]1CCCO1)[C@@H]1C=CCCC1. The number of carbonyl (C=O) groups excluding carboxylic acids is 1. The van der Waals surface area contributed by atoms with Crippen molar-refractivity contribution in [1.29, 1.82) is 0 Å². The highest BCUT2D eigenvalue weighted by molar-refractivity contribution is 5.80. The average molecular weight is 209 g/mol. The first-order chi connectivity index (χ1) is 7.36. The highest BCUT2D eigenvalue weighted by Crippen LogP contribution is 2.17. The fourth-order valence-corrected chi connectivity index (χ4v) is 2.18. The molecule has 1 N–H and O–H groups in total. The largest absolute Gasteiger partial charge is 0.376 e. The number of amides is 1. The van der Waals surface area contributed by atoms with Gasteiger partial charge in [0.2, 0.25) is 5.91 Å². The predicted octanol–water partition coefficient (Wildman–Crippen LogP) is 1.64. The third-order valence-electron chi connectivity index (χ3n) is 3.12. The van der Waals surface area contributed by atoms with Crippen LogP contribution < -0.4 is 5.32 Å². The second-order valence-electron chi connectivity index (χ2n) is 4.35. The zero-order chi connectivity index (χ0) is 10.5. The molecule has 1 saturated heterocycles. The van der Waals surface area contributed by atoms with E-state index < -0.39 is 0 Å². The van der Waals surface area contributed by atoms with Gasteiger partial charge in [-0.2, -0.15) is 0 Å². The summed E-state index contributed by atoms with van der Waals surface area (Å²) < 4.78 is 5.46. The number of rotatable bonds is 3. The van der Waals surface area contributed by atoms with Crippen molar-refractivity contribution in [1.82, 2.24) is 5.32 Å². The van der Waals surface area contributed by atoms with Crippen molar-refractivity contribution in [2.24, 2.45) is 5.92 Å². The molecular formula is C12H19NO2. The molecule has 1 aliphatic carbocycles. The van der Waals surface area contributed by atoms with Crippen LogP contribution in [0.5, 0.6) is 0 Å². The van der Waals surface area contributed by atoms with E-state index in [1.165, 1.54) is 0 Å². The molecule has 0 unspecified atom stereocenters. The molecule has 0 aromatic heterocycles. The number of ether oxygens (including phenoxy) is 1. The average Bonchev–Trinajstić information content (AvgIpc) is 2.80. The zero-order valence-electron chi connectivity index (χ0n) is 9.08. The van der Waals surface area contributed by atoms with E-state index >= 15 is 0 Å². The smallest absolute Gasteiger partial charge is 0.227 e. The molecule has 0 spiro atoms. The third kappa shape index (κ3) is 3.06. The van der Waals surface area contributed by atoms with Crippen molar-refractivity contribution < 1.29 is 9.53 Å². The maximum Gasteiger partial charge on any atom is 0.227 e. The Hall–Kier alpha value is -0.830. The van der Waals surface area contributed by atoms with Crippen molar-refractivity contribution in [2.75, 3.05) is 13.2 Å². The molecular weight excluding hydrogens is 190 g/mol. The van der Waals surface area contributed by atoms with Gasteiger partial charge in [-0.25, -0.2) is 0 Å². The molecule has 0 saturated carbocycles. The quantitative estimate of drug-likeness (QED) is 0.718. The van der Waals surface area contributed by atoms with Gasteiger partial charge in [-0.15, -0.1) is 0 Å². The molecule has 2 aliphatic rings. The van der Waals surface area contributed by atoms with Crippen molar-refractivity contribution >= 4 is 5.91 Å². The maximum atomic E-state index is 11.7. The summed E-state index contributed by atoms with van der Waals surface area (Å²) in [7, 11) is 0. The zero-order valence-corrected chi connectivity index (χ0v) is 9.08. The van der Waals surface area contributed by atoms with E-state index in [-0.39, 0.29) is 17.9 Å². The van der Waals surface area contributed by atoms with Crippen LogP contribution in [-0.2, 0) is 9.53 Å². The molecule has 0 radical (unpaired) electrons. The summed E-state index contributed by atoms with van der Waals surface area (Å²) in [5.41, 5.74) is 0. The van der Waals surface area contributed by atoms with Gasteiger partial charge in [-0.3, -0.25) is 4.79 Å². The van der Waals surface area contributed by atoms with E-state index in [4.69, 9.17) is 4.74 Å². The van der Waals surface area contributed by atoms with E-state index in [0.29, 0.717) is 6.54 Å². The van der Waals surface area contributed by atoms with Crippen molar-refractivity contribution in [3.05, 3.63) is 12.2 Å². The molecule has 3 heteroatoms. The molecule has 2 rings (SSSR count). The van der Waals surface area contributed by atoms with Crippen LogP contribution in [0, 0.1) is 5.92 Å². The second kappa shape index (κ2) is 5.31. The summed E-state index contributed by atoms with van der Waals surface area (Å²) >= 11 is 0. The predicted molar refractivity (Wildman–Crippen MR) is 58.5 cm³/mol. The Kier molecular flexibility index (Phi) is 3.78. The summed E-state index contributed by atoms with van der Waals surface area (Å²) in [5.74, 6) is 0.265. The molecule has 1 heterocycles. The Morgan fingerprint density at radius 2 is 2.33 bits per heavy atom. The molecule has 1 aliphatic heterocycles. The lowest BCUT2D eigenvalue weighted by atomic mass is 9.95. The van der Waals surface area contributed by atoms with Crippen LogP contribution in [-0.4, -0.2) is 25.2 Å². The number of carbonyl (C=O) groups is 1. The summed E-state index contributed by atoms with van der Waals surface area (Å²) in [6.07, 6.45) is 9.86. The third-order valence-corrected chi connectivity index (χ3v) is 3.12. The van der Waals surface area contributed by atoms with Crippen LogP contribution in [0.25, 0.3) is 0 Å².